The first-order chi connectivity index (χ1) is 7.33. The van der Waals surface area contributed by atoms with E-state index < -0.39 is 0 Å². The van der Waals surface area contributed by atoms with Crippen LogP contribution in [0.15, 0.2) is 17.0 Å². The quantitative estimate of drug-likeness (QED) is 0.739. The zero-order valence-corrected chi connectivity index (χ0v) is 12.1. The topological polar surface area (TPSA) is 24.1 Å². The van der Waals surface area contributed by atoms with Crippen LogP contribution in [0.1, 0.15) is 34.1 Å². The molecule has 1 rings (SSSR count). The van der Waals surface area contributed by atoms with Crippen LogP contribution in [0.25, 0.3) is 0 Å². The van der Waals surface area contributed by atoms with E-state index >= 15 is 0 Å². The molecule has 16 heavy (non-hydrogen) atoms. The number of hydrogen-bond donors (Lipinski definition) is 2. The van der Waals surface area contributed by atoms with E-state index in [4.69, 9.17) is 0 Å². The second-order valence-corrected chi connectivity index (χ2v) is 6.57. The fourth-order valence-electron chi connectivity index (χ4n) is 2.29. The fourth-order valence-corrected chi connectivity index (χ4v) is 2.67. The average Bonchev–Trinajstić information content (AvgIpc) is 2.86. The second-order valence-electron chi connectivity index (χ2n) is 5.76. The minimum absolute atomic E-state index is 0.266. The van der Waals surface area contributed by atoms with Gasteiger partial charge in [-0.15, -0.1) is 11.8 Å². The van der Waals surface area contributed by atoms with Gasteiger partial charge in [0, 0.05) is 18.8 Å². The van der Waals surface area contributed by atoms with Crippen molar-refractivity contribution in [2.75, 3.05) is 13.3 Å². The van der Waals surface area contributed by atoms with Crippen LogP contribution in [-0.2, 0) is 0 Å². The number of rotatable bonds is 4. The molecule has 1 saturated carbocycles. The molecule has 0 spiro atoms. The Morgan fingerprint density at radius 2 is 2.12 bits per heavy atom. The van der Waals surface area contributed by atoms with Crippen LogP contribution < -0.4 is 10.6 Å². The minimum atomic E-state index is 0.266. The lowest BCUT2D eigenvalue weighted by molar-refractivity contribution is 0.311. The van der Waals surface area contributed by atoms with Gasteiger partial charge < -0.3 is 10.6 Å². The van der Waals surface area contributed by atoms with Gasteiger partial charge in [-0.25, -0.2) is 0 Å². The maximum Gasteiger partial charge on any atom is 0.113 e. The zero-order valence-electron chi connectivity index (χ0n) is 11.3. The summed E-state index contributed by atoms with van der Waals surface area (Å²) in [6.45, 7) is 9.22. The molecule has 0 bridgehead atoms. The van der Waals surface area contributed by atoms with E-state index in [1.165, 1.54) is 6.42 Å². The molecular formula is C13H24N2S. The third kappa shape index (κ3) is 3.23. The summed E-state index contributed by atoms with van der Waals surface area (Å²) in [6.07, 6.45) is 5.25. The summed E-state index contributed by atoms with van der Waals surface area (Å²) in [7, 11) is 1.92. The van der Waals surface area contributed by atoms with Crippen molar-refractivity contribution in [3.63, 3.8) is 0 Å². The van der Waals surface area contributed by atoms with Crippen LogP contribution in [0.2, 0.25) is 0 Å². The monoisotopic (exact) mass is 240 g/mol. The Labute approximate surface area is 104 Å². The van der Waals surface area contributed by atoms with E-state index in [-0.39, 0.29) is 5.54 Å². The number of hydrogen-bond acceptors (Lipinski definition) is 3. The fraction of sp³-hybridized carbons (Fsp3) is 0.769. The van der Waals surface area contributed by atoms with E-state index in [1.54, 1.807) is 11.8 Å². The van der Waals surface area contributed by atoms with Crippen molar-refractivity contribution < 1.29 is 0 Å². The molecule has 2 nitrogen and oxygen atoms in total. The van der Waals surface area contributed by atoms with Crippen LogP contribution in [0, 0.1) is 11.3 Å². The Bertz CT molecular complexity index is 304. The molecule has 0 aromatic heterocycles. The van der Waals surface area contributed by atoms with E-state index in [9.17, 15) is 0 Å². The van der Waals surface area contributed by atoms with Crippen molar-refractivity contribution in [3.8, 4) is 0 Å². The van der Waals surface area contributed by atoms with Gasteiger partial charge in [-0.3, -0.25) is 0 Å². The van der Waals surface area contributed by atoms with E-state index in [2.05, 4.69) is 44.1 Å². The summed E-state index contributed by atoms with van der Waals surface area (Å²) in [6, 6.07) is 0. The lowest BCUT2D eigenvalue weighted by Gasteiger charge is -2.22. The molecule has 0 radical (unpaired) electrons. The normalized spacial score (nSPS) is 28.0. The molecule has 0 aromatic carbocycles. The summed E-state index contributed by atoms with van der Waals surface area (Å²) in [5.74, 6) is 0.755. The van der Waals surface area contributed by atoms with Crippen molar-refractivity contribution in [2.24, 2.45) is 11.3 Å². The van der Waals surface area contributed by atoms with Crippen LogP contribution in [0.4, 0.5) is 0 Å². The predicted molar refractivity (Wildman–Crippen MR) is 73.3 cm³/mol. The van der Waals surface area contributed by atoms with Gasteiger partial charge in [0.05, 0.1) is 0 Å². The number of nitrogens with one attached hydrogen (secondary N) is 2. The summed E-state index contributed by atoms with van der Waals surface area (Å²) >= 11 is 1.67. The summed E-state index contributed by atoms with van der Waals surface area (Å²) in [5, 5.41) is 7.63. The highest BCUT2D eigenvalue weighted by atomic mass is 32.2. The highest BCUT2D eigenvalue weighted by Crippen LogP contribution is 2.53. The standard InChI is InChI=1S/C13H24N2S/c1-12(2,3)10-9-13(10,4)15-8-7-11(14-5)16-6/h8,10,14-15H,9H2,1-6H3. The molecule has 0 aliphatic heterocycles. The van der Waals surface area contributed by atoms with Crippen molar-refractivity contribution in [2.45, 2.75) is 39.7 Å². The molecule has 0 saturated heterocycles. The Balaban J connectivity index is 2.56. The van der Waals surface area contributed by atoms with Gasteiger partial charge in [-0.05, 0) is 30.9 Å². The molecule has 1 fully saturated rings. The van der Waals surface area contributed by atoms with Crippen LogP contribution >= 0.6 is 11.8 Å². The van der Waals surface area contributed by atoms with Crippen molar-refractivity contribution >= 4 is 11.8 Å². The molecule has 2 atom stereocenters. The van der Waals surface area contributed by atoms with Gasteiger partial charge in [0.25, 0.3) is 0 Å². The predicted octanol–water partition coefficient (Wildman–Crippen LogP) is 2.94. The van der Waals surface area contributed by atoms with Crippen molar-refractivity contribution in [1.82, 2.24) is 10.6 Å². The maximum absolute atomic E-state index is 3.48. The first-order valence-electron chi connectivity index (χ1n) is 5.78. The molecule has 2 unspecified atom stereocenters. The molecule has 92 valence electrons. The van der Waals surface area contributed by atoms with E-state index in [0.717, 1.165) is 10.9 Å². The molecule has 1 aliphatic carbocycles. The average molecular weight is 240 g/mol. The summed E-state index contributed by atoms with van der Waals surface area (Å²) < 4.78 is 0. The highest BCUT2D eigenvalue weighted by molar-refractivity contribution is 8.02. The zero-order chi connectivity index (χ0) is 12.4. The second kappa shape index (κ2) is 4.77. The smallest absolute Gasteiger partial charge is 0.113 e. The lowest BCUT2D eigenvalue weighted by Crippen LogP contribution is -2.29. The molecular weight excluding hydrogens is 216 g/mol. The van der Waals surface area contributed by atoms with Crippen molar-refractivity contribution in [3.05, 3.63) is 17.0 Å². The summed E-state index contributed by atoms with van der Waals surface area (Å²) in [5.41, 5.74) is 3.88. The molecule has 1 aliphatic rings. The van der Waals surface area contributed by atoms with Crippen LogP contribution in [0.3, 0.4) is 0 Å². The molecule has 0 heterocycles. The minimum Gasteiger partial charge on any atom is -0.379 e. The largest absolute Gasteiger partial charge is 0.379 e. The first kappa shape index (κ1) is 13.5. The first-order valence-corrected chi connectivity index (χ1v) is 7.00. The third-order valence-electron chi connectivity index (χ3n) is 3.32. The van der Waals surface area contributed by atoms with Gasteiger partial charge in [0.1, 0.15) is 5.03 Å². The van der Waals surface area contributed by atoms with E-state index in [1.807, 2.05) is 19.5 Å². The summed E-state index contributed by atoms with van der Waals surface area (Å²) in [4.78, 5) is 0. The van der Waals surface area contributed by atoms with Gasteiger partial charge in [0.2, 0.25) is 0 Å². The highest BCUT2D eigenvalue weighted by Gasteiger charge is 2.55. The maximum atomic E-state index is 3.48. The van der Waals surface area contributed by atoms with Crippen LogP contribution in [-0.4, -0.2) is 18.8 Å². The third-order valence-corrected chi connectivity index (χ3v) is 4.05. The molecule has 3 heteroatoms. The Kier molecular flexibility index (Phi) is 4.03. The Morgan fingerprint density at radius 3 is 2.50 bits per heavy atom. The van der Waals surface area contributed by atoms with Crippen molar-refractivity contribution in [1.29, 1.82) is 0 Å². The Hall–Kier alpha value is -0.530. The molecule has 0 aromatic rings. The van der Waals surface area contributed by atoms with Gasteiger partial charge >= 0.3 is 0 Å². The Morgan fingerprint density at radius 1 is 1.50 bits per heavy atom. The number of thioether (sulfide) groups is 1. The lowest BCUT2D eigenvalue weighted by atomic mass is 9.88. The molecule has 0 amide bonds. The van der Waals surface area contributed by atoms with Gasteiger partial charge in [0.15, 0.2) is 0 Å². The van der Waals surface area contributed by atoms with Crippen LogP contribution in [0.5, 0.6) is 0 Å². The van der Waals surface area contributed by atoms with E-state index in [0.29, 0.717) is 5.41 Å². The molecule has 2 N–H and O–H groups in total. The van der Waals surface area contributed by atoms with Gasteiger partial charge in [-0.1, -0.05) is 26.5 Å². The van der Waals surface area contributed by atoms with Gasteiger partial charge in [-0.2, -0.15) is 0 Å². The SMILES string of the molecule is CNC(=C=CNC1(C)CC1C(C)(C)C)SC.